The highest BCUT2D eigenvalue weighted by Gasteiger charge is 2.31. The van der Waals surface area contributed by atoms with Crippen molar-refractivity contribution < 1.29 is 9.53 Å². The SMILES string of the molecule is CCC(OC)C(=O)N1CCCC1CNC.Cl. The van der Waals surface area contributed by atoms with E-state index in [9.17, 15) is 4.79 Å². The molecule has 1 N–H and O–H groups in total. The standard InChI is InChI=1S/C11H22N2O2.ClH/c1-4-10(15-3)11(14)13-7-5-6-9(13)8-12-2;/h9-10,12H,4-8H2,1-3H3;1H. The van der Waals surface area contributed by atoms with E-state index in [-0.39, 0.29) is 24.4 Å². The van der Waals surface area contributed by atoms with Crippen LogP contribution in [0.1, 0.15) is 26.2 Å². The molecule has 0 aromatic carbocycles. The van der Waals surface area contributed by atoms with Crippen LogP contribution in [0.4, 0.5) is 0 Å². The van der Waals surface area contributed by atoms with Crippen LogP contribution in [0.25, 0.3) is 0 Å². The van der Waals surface area contributed by atoms with Gasteiger partial charge >= 0.3 is 0 Å². The molecule has 1 saturated heterocycles. The van der Waals surface area contributed by atoms with Gasteiger partial charge in [0.2, 0.25) is 0 Å². The molecule has 0 aromatic heterocycles. The van der Waals surface area contributed by atoms with Gasteiger partial charge in [0.1, 0.15) is 6.10 Å². The highest BCUT2D eigenvalue weighted by Crippen LogP contribution is 2.18. The normalized spacial score (nSPS) is 21.7. The topological polar surface area (TPSA) is 41.6 Å². The third-order valence-electron chi connectivity index (χ3n) is 3.03. The largest absolute Gasteiger partial charge is 0.372 e. The first-order valence-corrected chi connectivity index (χ1v) is 5.72. The zero-order valence-corrected chi connectivity index (χ0v) is 11.2. The third-order valence-corrected chi connectivity index (χ3v) is 3.03. The Balaban J connectivity index is 0.00000225. The van der Waals surface area contributed by atoms with Gasteiger partial charge in [0.15, 0.2) is 0 Å². The van der Waals surface area contributed by atoms with Crippen LogP contribution in [0, 0.1) is 0 Å². The second-order valence-electron chi connectivity index (χ2n) is 4.02. The van der Waals surface area contributed by atoms with Crippen LogP contribution < -0.4 is 5.32 Å². The molecule has 2 atom stereocenters. The molecule has 2 unspecified atom stereocenters. The minimum atomic E-state index is -0.262. The van der Waals surface area contributed by atoms with E-state index >= 15 is 0 Å². The predicted octanol–water partition coefficient (Wildman–Crippen LogP) is 1.04. The molecule has 0 bridgehead atoms. The molecule has 1 fully saturated rings. The van der Waals surface area contributed by atoms with E-state index in [2.05, 4.69) is 5.32 Å². The van der Waals surface area contributed by atoms with E-state index in [4.69, 9.17) is 4.74 Å². The monoisotopic (exact) mass is 250 g/mol. The highest BCUT2D eigenvalue weighted by molar-refractivity contribution is 5.85. The van der Waals surface area contributed by atoms with Crippen molar-refractivity contribution in [2.24, 2.45) is 0 Å². The first-order chi connectivity index (χ1) is 7.24. The summed E-state index contributed by atoms with van der Waals surface area (Å²) in [6.07, 6.45) is 2.70. The van der Waals surface area contributed by atoms with E-state index in [0.717, 1.165) is 32.4 Å². The minimum Gasteiger partial charge on any atom is -0.372 e. The number of likely N-dealkylation sites (tertiary alicyclic amines) is 1. The summed E-state index contributed by atoms with van der Waals surface area (Å²) < 4.78 is 5.19. The number of nitrogens with zero attached hydrogens (tertiary/aromatic N) is 1. The van der Waals surface area contributed by atoms with Crippen LogP contribution >= 0.6 is 12.4 Å². The van der Waals surface area contributed by atoms with Gasteiger partial charge in [-0.25, -0.2) is 0 Å². The summed E-state index contributed by atoms with van der Waals surface area (Å²) in [5.74, 6) is 0.151. The summed E-state index contributed by atoms with van der Waals surface area (Å²) >= 11 is 0. The Morgan fingerprint density at radius 2 is 2.31 bits per heavy atom. The van der Waals surface area contributed by atoms with Crippen LogP contribution in [-0.4, -0.2) is 50.2 Å². The third kappa shape index (κ3) is 3.61. The molecular formula is C11H23ClN2O2. The number of carbonyl (C=O) groups excluding carboxylic acids is 1. The summed E-state index contributed by atoms with van der Waals surface area (Å²) in [7, 11) is 3.53. The van der Waals surface area contributed by atoms with E-state index in [1.165, 1.54) is 0 Å². The molecular weight excluding hydrogens is 228 g/mol. The zero-order valence-electron chi connectivity index (χ0n) is 10.4. The van der Waals surface area contributed by atoms with E-state index in [1.807, 2.05) is 18.9 Å². The summed E-state index contributed by atoms with van der Waals surface area (Å²) in [6.45, 7) is 3.74. The van der Waals surface area contributed by atoms with E-state index < -0.39 is 0 Å². The molecule has 1 aliphatic heterocycles. The molecule has 5 heteroatoms. The lowest BCUT2D eigenvalue weighted by Crippen LogP contribution is -2.45. The Morgan fingerprint density at radius 1 is 1.62 bits per heavy atom. The fraction of sp³-hybridized carbons (Fsp3) is 0.909. The molecule has 0 spiro atoms. The van der Waals surface area contributed by atoms with Crippen LogP contribution in [0.15, 0.2) is 0 Å². The fourth-order valence-corrected chi connectivity index (χ4v) is 2.20. The maximum absolute atomic E-state index is 12.1. The molecule has 4 nitrogen and oxygen atoms in total. The van der Waals surface area contributed by atoms with Crippen LogP contribution in [0.2, 0.25) is 0 Å². The number of ether oxygens (including phenoxy) is 1. The number of carbonyl (C=O) groups is 1. The number of halogens is 1. The number of methoxy groups -OCH3 is 1. The lowest BCUT2D eigenvalue weighted by Gasteiger charge is -2.27. The van der Waals surface area contributed by atoms with Crippen molar-refractivity contribution in [3.63, 3.8) is 0 Å². The minimum absolute atomic E-state index is 0. The predicted molar refractivity (Wildman–Crippen MR) is 67.0 cm³/mol. The first-order valence-electron chi connectivity index (χ1n) is 5.72. The van der Waals surface area contributed by atoms with Crippen LogP contribution in [-0.2, 0) is 9.53 Å². The van der Waals surface area contributed by atoms with Crippen molar-refractivity contribution in [1.29, 1.82) is 0 Å². The molecule has 0 radical (unpaired) electrons. The van der Waals surface area contributed by atoms with E-state index in [1.54, 1.807) is 7.11 Å². The number of likely N-dealkylation sites (N-methyl/N-ethyl adjacent to an activating group) is 1. The molecule has 96 valence electrons. The summed E-state index contributed by atoms with van der Waals surface area (Å²) in [5, 5.41) is 3.13. The Bertz CT molecular complexity index is 210. The van der Waals surface area contributed by atoms with Crippen molar-refractivity contribution in [1.82, 2.24) is 10.2 Å². The van der Waals surface area contributed by atoms with Gasteiger partial charge < -0.3 is 15.0 Å². The zero-order chi connectivity index (χ0) is 11.3. The second-order valence-corrected chi connectivity index (χ2v) is 4.02. The molecule has 1 aliphatic rings. The molecule has 1 rings (SSSR count). The Labute approximate surface area is 104 Å². The maximum atomic E-state index is 12.1. The average Bonchev–Trinajstić information content (AvgIpc) is 2.68. The molecule has 0 aliphatic carbocycles. The van der Waals surface area contributed by atoms with Gasteiger partial charge in [0, 0.05) is 26.2 Å². The summed E-state index contributed by atoms with van der Waals surface area (Å²) in [4.78, 5) is 14.0. The Hall–Kier alpha value is -0.320. The molecule has 1 heterocycles. The van der Waals surface area contributed by atoms with Gasteiger partial charge in [-0.3, -0.25) is 4.79 Å². The van der Waals surface area contributed by atoms with Gasteiger partial charge in [-0.1, -0.05) is 6.92 Å². The molecule has 16 heavy (non-hydrogen) atoms. The molecule has 0 aromatic rings. The fourth-order valence-electron chi connectivity index (χ4n) is 2.20. The van der Waals surface area contributed by atoms with Crippen LogP contribution in [0.3, 0.4) is 0 Å². The van der Waals surface area contributed by atoms with Gasteiger partial charge in [0.25, 0.3) is 5.91 Å². The number of hydrogen-bond donors (Lipinski definition) is 1. The summed E-state index contributed by atoms with van der Waals surface area (Å²) in [5.41, 5.74) is 0. The smallest absolute Gasteiger partial charge is 0.251 e. The molecule has 1 amide bonds. The lowest BCUT2D eigenvalue weighted by molar-refractivity contribution is -0.142. The van der Waals surface area contributed by atoms with Crippen molar-refractivity contribution >= 4 is 18.3 Å². The van der Waals surface area contributed by atoms with E-state index in [0.29, 0.717) is 6.04 Å². The van der Waals surface area contributed by atoms with Crippen LogP contribution in [0.5, 0.6) is 0 Å². The van der Waals surface area contributed by atoms with Gasteiger partial charge in [-0.2, -0.15) is 0 Å². The van der Waals surface area contributed by atoms with Crippen molar-refractivity contribution in [2.75, 3.05) is 27.2 Å². The molecule has 0 saturated carbocycles. The van der Waals surface area contributed by atoms with Crippen molar-refractivity contribution in [3.8, 4) is 0 Å². The van der Waals surface area contributed by atoms with Gasteiger partial charge in [-0.05, 0) is 26.3 Å². The number of amides is 1. The highest BCUT2D eigenvalue weighted by atomic mass is 35.5. The lowest BCUT2D eigenvalue weighted by atomic mass is 10.2. The second kappa shape index (κ2) is 7.87. The van der Waals surface area contributed by atoms with Crippen molar-refractivity contribution in [2.45, 2.75) is 38.3 Å². The Kier molecular flexibility index (Phi) is 7.72. The number of hydrogen-bond acceptors (Lipinski definition) is 3. The van der Waals surface area contributed by atoms with Gasteiger partial charge in [0.05, 0.1) is 0 Å². The Morgan fingerprint density at radius 3 is 2.81 bits per heavy atom. The number of nitrogens with one attached hydrogen (secondary N) is 1. The number of rotatable bonds is 5. The first kappa shape index (κ1) is 15.7. The van der Waals surface area contributed by atoms with Crippen molar-refractivity contribution in [3.05, 3.63) is 0 Å². The quantitative estimate of drug-likeness (QED) is 0.793. The average molecular weight is 251 g/mol. The summed E-state index contributed by atoms with van der Waals surface area (Å²) in [6, 6.07) is 0.353. The maximum Gasteiger partial charge on any atom is 0.251 e. The van der Waals surface area contributed by atoms with Gasteiger partial charge in [-0.15, -0.1) is 12.4 Å².